The molecule has 2 aliphatic heterocycles. The first-order valence-corrected chi connectivity index (χ1v) is 13.0. The van der Waals surface area contributed by atoms with Crippen LogP contribution in [-0.4, -0.2) is 43.6 Å². The summed E-state index contributed by atoms with van der Waals surface area (Å²) in [5, 5.41) is 2.83. The Hall–Kier alpha value is -3.20. The minimum Gasteiger partial charge on any atom is -0.326 e. The molecule has 2 amide bonds. The van der Waals surface area contributed by atoms with Crippen molar-refractivity contribution in [3.05, 3.63) is 59.7 Å². The van der Waals surface area contributed by atoms with Crippen LogP contribution >= 0.6 is 0 Å². The summed E-state index contributed by atoms with van der Waals surface area (Å²) in [6.45, 7) is 4.94. The molecule has 2 aromatic carbocycles. The first-order chi connectivity index (χ1) is 16.2. The topological polar surface area (TPSA) is 108 Å². The molecule has 0 spiro atoms. The normalized spacial score (nSPS) is 17.8. The second-order valence-electron chi connectivity index (χ2n) is 9.16. The summed E-state index contributed by atoms with van der Waals surface area (Å²) in [5.74, 6) is 0.221. The van der Waals surface area contributed by atoms with Gasteiger partial charge in [0.15, 0.2) is 0 Å². The lowest BCUT2D eigenvalue weighted by molar-refractivity contribution is -0.140. The second-order valence-corrected chi connectivity index (χ2v) is 10.8. The van der Waals surface area contributed by atoms with Crippen molar-refractivity contribution in [1.82, 2.24) is 9.62 Å². The number of benzene rings is 2. The third-order valence-electron chi connectivity index (χ3n) is 5.99. The lowest BCUT2D eigenvalue weighted by Crippen LogP contribution is -2.50. The number of fused-ring (bicyclic) bond motifs is 1. The van der Waals surface area contributed by atoms with Gasteiger partial charge in [0.05, 0.1) is 4.90 Å². The fourth-order valence-corrected chi connectivity index (χ4v) is 5.42. The van der Waals surface area contributed by atoms with Crippen LogP contribution in [0.3, 0.4) is 0 Å². The minimum atomic E-state index is -3.80. The Labute approximate surface area is 200 Å². The standard InChI is InChI=1S/C25H30N4O4S/c1-17(2)13-24(30)29-16-19-8-4-3-7-18(19)14-22(29)25(31)27-20-9-5-10-21(15-20)34(32,33)28-23-11-6-12-26-23/h3-5,7-10,15,17,22H,6,11-14,16H2,1-2H3,(H,26,28)(H,27,31). The number of hydrogen-bond acceptors (Lipinski definition) is 5. The van der Waals surface area contributed by atoms with E-state index in [1.165, 1.54) is 12.1 Å². The molecule has 0 aliphatic carbocycles. The average Bonchev–Trinajstić information content (AvgIpc) is 3.30. The fraction of sp³-hybridized carbons (Fsp3) is 0.400. The van der Waals surface area contributed by atoms with Crippen LogP contribution in [0, 0.1) is 5.92 Å². The van der Waals surface area contributed by atoms with Gasteiger partial charge < -0.3 is 10.2 Å². The number of anilines is 1. The summed E-state index contributed by atoms with van der Waals surface area (Å²) >= 11 is 0. The van der Waals surface area contributed by atoms with Crippen molar-refractivity contribution >= 4 is 33.4 Å². The van der Waals surface area contributed by atoms with E-state index in [1.54, 1.807) is 17.0 Å². The summed E-state index contributed by atoms with van der Waals surface area (Å²) in [6.07, 6.45) is 2.18. The fourth-order valence-electron chi connectivity index (χ4n) is 4.29. The monoisotopic (exact) mass is 482 g/mol. The van der Waals surface area contributed by atoms with E-state index < -0.39 is 16.1 Å². The van der Waals surface area contributed by atoms with Crippen molar-refractivity contribution in [3.8, 4) is 0 Å². The van der Waals surface area contributed by atoms with Crippen molar-refractivity contribution < 1.29 is 18.0 Å². The number of sulfonamides is 1. The molecule has 0 bridgehead atoms. The summed E-state index contributed by atoms with van der Waals surface area (Å²) in [6, 6.07) is 13.3. The SMILES string of the molecule is CC(C)CC(=O)N1Cc2ccccc2CC1C(=O)Nc1cccc(S(=O)(=O)NC2=NCCC2)c1. The maximum Gasteiger partial charge on any atom is 0.262 e. The van der Waals surface area contributed by atoms with Gasteiger partial charge >= 0.3 is 0 Å². The van der Waals surface area contributed by atoms with Crippen molar-refractivity contribution in [3.63, 3.8) is 0 Å². The summed E-state index contributed by atoms with van der Waals surface area (Å²) in [7, 11) is -3.80. The van der Waals surface area contributed by atoms with Gasteiger partial charge in [0, 0.05) is 38.0 Å². The molecule has 0 aromatic heterocycles. The number of nitrogens with one attached hydrogen (secondary N) is 2. The highest BCUT2D eigenvalue weighted by molar-refractivity contribution is 7.90. The van der Waals surface area contributed by atoms with Gasteiger partial charge in [-0.25, -0.2) is 8.42 Å². The van der Waals surface area contributed by atoms with Gasteiger partial charge in [-0.2, -0.15) is 0 Å². The highest BCUT2D eigenvalue weighted by Gasteiger charge is 2.34. The molecule has 1 atom stereocenters. The predicted octanol–water partition coefficient (Wildman–Crippen LogP) is 3.10. The van der Waals surface area contributed by atoms with Crippen LogP contribution < -0.4 is 10.0 Å². The van der Waals surface area contributed by atoms with E-state index in [2.05, 4.69) is 15.0 Å². The molecular formula is C25H30N4O4S. The van der Waals surface area contributed by atoms with Crippen molar-refractivity contribution in [2.24, 2.45) is 10.9 Å². The number of rotatable bonds is 6. The Kier molecular flexibility index (Phi) is 7.02. The molecule has 2 aromatic rings. The van der Waals surface area contributed by atoms with Gasteiger partial charge in [-0.05, 0) is 41.7 Å². The number of amidine groups is 1. The molecule has 2 N–H and O–H groups in total. The molecule has 0 saturated heterocycles. The average molecular weight is 483 g/mol. The zero-order chi connectivity index (χ0) is 24.3. The van der Waals surface area contributed by atoms with E-state index >= 15 is 0 Å². The van der Waals surface area contributed by atoms with Crippen molar-refractivity contribution in [2.75, 3.05) is 11.9 Å². The molecule has 0 fully saturated rings. The van der Waals surface area contributed by atoms with E-state index in [-0.39, 0.29) is 22.6 Å². The van der Waals surface area contributed by atoms with Crippen LogP contribution in [0.1, 0.15) is 44.2 Å². The van der Waals surface area contributed by atoms with E-state index in [4.69, 9.17) is 0 Å². The van der Waals surface area contributed by atoms with Crippen LogP contribution in [0.25, 0.3) is 0 Å². The quantitative estimate of drug-likeness (QED) is 0.660. The third-order valence-corrected chi connectivity index (χ3v) is 7.37. The first-order valence-electron chi connectivity index (χ1n) is 11.6. The number of nitrogens with zero attached hydrogens (tertiary/aromatic N) is 2. The summed E-state index contributed by atoms with van der Waals surface area (Å²) in [4.78, 5) is 32.2. The first kappa shape index (κ1) is 23.9. The molecule has 8 nitrogen and oxygen atoms in total. The van der Waals surface area contributed by atoms with Crippen LogP contribution in [0.4, 0.5) is 5.69 Å². The molecule has 0 saturated carbocycles. The molecule has 180 valence electrons. The number of hydrogen-bond donors (Lipinski definition) is 2. The Morgan fingerprint density at radius 2 is 1.88 bits per heavy atom. The molecule has 1 unspecified atom stereocenters. The predicted molar refractivity (Wildman–Crippen MR) is 131 cm³/mol. The van der Waals surface area contributed by atoms with Crippen LogP contribution in [0.5, 0.6) is 0 Å². The lowest BCUT2D eigenvalue weighted by atomic mass is 9.92. The smallest absolute Gasteiger partial charge is 0.262 e. The van der Waals surface area contributed by atoms with Crippen LogP contribution in [0.2, 0.25) is 0 Å². The van der Waals surface area contributed by atoms with Gasteiger partial charge in [0.25, 0.3) is 10.0 Å². The molecular weight excluding hydrogens is 452 g/mol. The molecule has 2 heterocycles. The number of aliphatic imine (C=N–C) groups is 1. The molecule has 2 aliphatic rings. The maximum absolute atomic E-state index is 13.3. The Bertz CT molecular complexity index is 1220. The summed E-state index contributed by atoms with van der Waals surface area (Å²) < 4.78 is 28.0. The van der Waals surface area contributed by atoms with E-state index in [9.17, 15) is 18.0 Å². The largest absolute Gasteiger partial charge is 0.326 e. The Morgan fingerprint density at radius 3 is 2.59 bits per heavy atom. The zero-order valence-electron chi connectivity index (χ0n) is 19.5. The van der Waals surface area contributed by atoms with Gasteiger partial charge in [0.1, 0.15) is 11.9 Å². The van der Waals surface area contributed by atoms with E-state index in [1.807, 2.05) is 38.1 Å². The maximum atomic E-state index is 13.3. The minimum absolute atomic E-state index is 0.0432. The number of amides is 2. The van der Waals surface area contributed by atoms with Gasteiger partial charge in [0.2, 0.25) is 11.8 Å². The Morgan fingerprint density at radius 1 is 1.12 bits per heavy atom. The molecule has 0 radical (unpaired) electrons. The van der Waals surface area contributed by atoms with Gasteiger partial charge in [-0.15, -0.1) is 0 Å². The highest BCUT2D eigenvalue weighted by Crippen LogP contribution is 2.26. The van der Waals surface area contributed by atoms with Crippen molar-refractivity contribution in [2.45, 2.75) is 57.0 Å². The van der Waals surface area contributed by atoms with E-state index in [0.717, 1.165) is 17.5 Å². The Balaban J connectivity index is 1.54. The molecule has 34 heavy (non-hydrogen) atoms. The van der Waals surface area contributed by atoms with Gasteiger partial charge in [-0.1, -0.05) is 44.2 Å². The van der Waals surface area contributed by atoms with Gasteiger partial charge in [-0.3, -0.25) is 19.3 Å². The van der Waals surface area contributed by atoms with Crippen LogP contribution in [-0.2, 0) is 32.6 Å². The summed E-state index contributed by atoms with van der Waals surface area (Å²) in [5.41, 5.74) is 2.43. The molecule has 4 rings (SSSR count). The highest BCUT2D eigenvalue weighted by atomic mass is 32.2. The number of carbonyl (C=O) groups excluding carboxylic acids is 2. The third kappa shape index (κ3) is 5.47. The lowest BCUT2D eigenvalue weighted by Gasteiger charge is -2.36. The van der Waals surface area contributed by atoms with E-state index in [0.29, 0.717) is 43.9 Å². The van der Waals surface area contributed by atoms with Crippen molar-refractivity contribution in [1.29, 1.82) is 0 Å². The van der Waals surface area contributed by atoms with Crippen LogP contribution in [0.15, 0.2) is 58.4 Å². The second kappa shape index (κ2) is 9.97. The number of carbonyl (C=O) groups is 2. The molecule has 9 heteroatoms. The zero-order valence-corrected chi connectivity index (χ0v) is 20.3.